The zero-order valence-electron chi connectivity index (χ0n) is 8.15. The van der Waals surface area contributed by atoms with E-state index in [0.29, 0.717) is 39.6 Å². The van der Waals surface area contributed by atoms with Crippen LogP contribution in [0.5, 0.6) is 0 Å². The second-order valence-electron chi connectivity index (χ2n) is 3.07. The van der Waals surface area contributed by atoms with Crippen molar-refractivity contribution >= 4 is 35.8 Å². The third kappa shape index (κ3) is 2.34. The molecule has 1 aromatic carbocycles. The summed E-state index contributed by atoms with van der Waals surface area (Å²) in [6, 6.07) is 5.22. The Morgan fingerprint density at radius 3 is 2.50 bits per heavy atom. The molecule has 2 aromatic rings. The number of hydrogen-bond donors (Lipinski definition) is 1. The zero-order valence-corrected chi connectivity index (χ0v) is 10.6. The third-order valence-electron chi connectivity index (χ3n) is 1.97. The van der Waals surface area contributed by atoms with Crippen LogP contribution in [0.2, 0.25) is 10.0 Å². The number of nitrogens with zero attached hydrogens (tertiary/aromatic N) is 2. The van der Waals surface area contributed by atoms with Gasteiger partial charge in [-0.2, -0.15) is 12.6 Å². The molecular weight excluding hydrogens is 267 g/mol. The average Bonchev–Trinajstić information content (AvgIpc) is 2.67. The van der Waals surface area contributed by atoms with Crippen LogP contribution in [0.15, 0.2) is 22.6 Å². The SMILES string of the molecule is SCCc1nnc(-c2c(Cl)cccc2Cl)o1. The minimum Gasteiger partial charge on any atom is -0.421 e. The van der Waals surface area contributed by atoms with Gasteiger partial charge in [0.15, 0.2) is 0 Å². The molecule has 1 heterocycles. The monoisotopic (exact) mass is 274 g/mol. The Bertz CT molecular complexity index is 481. The number of rotatable bonds is 3. The summed E-state index contributed by atoms with van der Waals surface area (Å²) in [6.45, 7) is 0. The van der Waals surface area contributed by atoms with Crippen LogP contribution < -0.4 is 0 Å². The Hall–Kier alpha value is -0.710. The number of thiol groups is 1. The summed E-state index contributed by atoms with van der Waals surface area (Å²) in [5.41, 5.74) is 0.573. The summed E-state index contributed by atoms with van der Waals surface area (Å²) in [5, 5.41) is 8.78. The molecule has 3 nitrogen and oxygen atoms in total. The van der Waals surface area contributed by atoms with Crippen LogP contribution in [0.4, 0.5) is 0 Å². The number of benzene rings is 1. The van der Waals surface area contributed by atoms with Crippen molar-refractivity contribution in [3.8, 4) is 11.5 Å². The number of hydrogen-bond acceptors (Lipinski definition) is 4. The van der Waals surface area contributed by atoms with Crippen molar-refractivity contribution in [1.29, 1.82) is 0 Å². The lowest BCUT2D eigenvalue weighted by molar-refractivity contribution is 0.514. The van der Waals surface area contributed by atoms with E-state index < -0.39 is 0 Å². The van der Waals surface area contributed by atoms with E-state index in [1.165, 1.54) is 0 Å². The zero-order chi connectivity index (χ0) is 11.5. The molecule has 0 atom stereocenters. The van der Waals surface area contributed by atoms with Crippen molar-refractivity contribution in [2.45, 2.75) is 6.42 Å². The summed E-state index contributed by atoms with van der Waals surface area (Å²) in [7, 11) is 0. The molecule has 0 unspecified atom stereocenters. The second-order valence-corrected chi connectivity index (χ2v) is 4.33. The number of aromatic nitrogens is 2. The summed E-state index contributed by atoms with van der Waals surface area (Å²) in [5.74, 6) is 1.52. The van der Waals surface area contributed by atoms with Crippen LogP contribution in [0.1, 0.15) is 5.89 Å². The van der Waals surface area contributed by atoms with Gasteiger partial charge in [-0.3, -0.25) is 0 Å². The van der Waals surface area contributed by atoms with E-state index in [1.807, 2.05) is 0 Å². The normalized spacial score (nSPS) is 10.7. The van der Waals surface area contributed by atoms with E-state index >= 15 is 0 Å². The molecule has 6 heteroatoms. The molecule has 0 amide bonds. The molecule has 2 rings (SSSR count). The highest BCUT2D eigenvalue weighted by Gasteiger charge is 2.14. The topological polar surface area (TPSA) is 38.9 Å². The molecule has 0 aliphatic rings. The molecule has 1 aromatic heterocycles. The van der Waals surface area contributed by atoms with Gasteiger partial charge in [-0.15, -0.1) is 10.2 Å². The molecule has 0 aliphatic heterocycles. The quantitative estimate of drug-likeness (QED) is 0.871. The lowest BCUT2D eigenvalue weighted by Gasteiger charge is -2.00. The minimum atomic E-state index is 0.340. The summed E-state index contributed by atoms with van der Waals surface area (Å²) in [6.07, 6.45) is 0.623. The fraction of sp³-hybridized carbons (Fsp3) is 0.200. The maximum atomic E-state index is 6.02. The fourth-order valence-electron chi connectivity index (χ4n) is 1.25. The lowest BCUT2D eigenvalue weighted by atomic mass is 10.2. The first-order valence-electron chi connectivity index (χ1n) is 4.60. The second kappa shape index (κ2) is 5.08. The Morgan fingerprint density at radius 2 is 1.88 bits per heavy atom. The van der Waals surface area contributed by atoms with Crippen molar-refractivity contribution in [3.63, 3.8) is 0 Å². The molecular formula is C10H8Cl2N2OS. The summed E-state index contributed by atoms with van der Waals surface area (Å²) >= 11 is 16.1. The minimum absolute atomic E-state index is 0.340. The van der Waals surface area contributed by atoms with E-state index in [0.717, 1.165) is 0 Å². The molecule has 0 N–H and O–H groups in total. The van der Waals surface area contributed by atoms with Crippen molar-refractivity contribution in [1.82, 2.24) is 10.2 Å². The number of aryl methyl sites for hydroxylation is 1. The molecule has 0 radical (unpaired) electrons. The highest BCUT2D eigenvalue weighted by atomic mass is 35.5. The third-order valence-corrected chi connectivity index (χ3v) is 2.82. The molecule has 84 valence electrons. The van der Waals surface area contributed by atoms with Gasteiger partial charge in [0.05, 0.1) is 15.6 Å². The standard InChI is InChI=1S/C10H8Cl2N2OS/c11-6-2-1-3-7(12)9(6)10-14-13-8(15-10)4-5-16/h1-3,16H,4-5H2. The fourth-order valence-corrected chi connectivity index (χ4v) is 2.00. The molecule has 0 saturated carbocycles. The Labute approximate surface area is 108 Å². The Kier molecular flexibility index (Phi) is 3.74. The van der Waals surface area contributed by atoms with Crippen LogP contribution >= 0.6 is 35.8 Å². The highest BCUT2D eigenvalue weighted by molar-refractivity contribution is 7.80. The van der Waals surface area contributed by atoms with E-state index in [2.05, 4.69) is 22.8 Å². The first-order chi connectivity index (χ1) is 7.72. The van der Waals surface area contributed by atoms with Crippen LogP contribution in [0.3, 0.4) is 0 Å². The molecule has 0 aliphatic carbocycles. The predicted octanol–water partition coefficient (Wildman–Crippen LogP) is 3.52. The van der Waals surface area contributed by atoms with Gasteiger partial charge in [0.25, 0.3) is 5.89 Å². The van der Waals surface area contributed by atoms with Gasteiger partial charge in [-0.25, -0.2) is 0 Å². The molecule has 0 fully saturated rings. The first kappa shape index (κ1) is 11.8. The molecule has 0 bridgehead atoms. The van der Waals surface area contributed by atoms with Gasteiger partial charge >= 0.3 is 0 Å². The van der Waals surface area contributed by atoms with Gasteiger partial charge in [0.2, 0.25) is 5.89 Å². The van der Waals surface area contributed by atoms with E-state index in [-0.39, 0.29) is 0 Å². The van der Waals surface area contributed by atoms with Crippen LogP contribution in [0, 0.1) is 0 Å². The summed E-state index contributed by atoms with van der Waals surface area (Å²) < 4.78 is 5.43. The van der Waals surface area contributed by atoms with E-state index in [4.69, 9.17) is 27.6 Å². The van der Waals surface area contributed by atoms with Crippen molar-refractivity contribution in [2.75, 3.05) is 5.75 Å². The van der Waals surface area contributed by atoms with Gasteiger partial charge in [0, 0.05) is 6.42 Å². The average molecular weight is 275 g/mol. The van der Waals surface area contributed by atoms with Crippen LogP contribution in [-0.4, -0.2) is 16.0 Å². The Morgan fingerprint density at radius 1 is 1.19 bits per heavy atom. The first-order valence-corrected chi connectivity index (χ1v) is 5.99. The largest absolute Gasteiger partial charge is 0.421 e. The van der Waals surface area contributed by atoms with E-state index in [1.54, 1.807) is 18.2 Å². The van der Waals surface area contributed by atoms with Crippen molar-refractivity contribution in [2.24, 2.45) is 0 Å². The maximum absolute atomic E-state index is 6.02. The van der Waals surface area contributed by atoms with Crippen molar-refractivity contribution in [3.05, 3.63) is 34.1 Å². The Balaban J connectivity index is 2.42. The smallest absolute Gasteiger partial charge is 0.250 e. The van der Waals surface area contributed by atoms with Gasteiger partial charge in [-0.05, 0) is 17.9 Å². The van der Waals surface area contributed by atoms with Gasteiger partial charge in [0.1, 0.15) is 0 Å². The van der Waals surface area contributed by atoms with Crippen molar-refractivity contribution < 1.29 is 4.42 Å². The number of halogens is 2. The van der Waals surface area contributed by atoms with Crippen LogP contribution in [0.25, 0.3) is 11.5 Å². The molecule has 16 heavy (non-hydrogen) atoms. The van der Waals surface area contributed by atoms with Gasteiger partial charge < -0.3 is 4.42 Å². The lowest BCUT2D eigenvalue weighted by Crippen LogP contribution is -1.84. The van der Waals surface area contributed by atoms with E-state index in [9.17, 15) is 0 Å². The molecule has 0 saturated heterocycles. The predicted molar refractivity (Wildman–Crippen MR) is 67.3 cm³/mol. The maximum Gasteiger partial charge on any atom is 0.250 e. The summed E-state index contributed by atoms with van der Waals surface area (Å²) in [4.78, 5) is 0. The highest BCUT2D eigenvalue weighted by Crippen LogP contribution is 2.33. The van der Waals surface area contributed by atoms with Gasteiger partial charge in [-0.1, -0.05) is 29.3 Å². The molecule has 0 spiro atoms. The van der Waals surface area contributed by atoms with Crippen LogP contribution in [-0.2, 0) is 6.42 Å².